The molecule has 142 valence electrons. The summed E-state index contributed by atoms with van der Waals surface area (Å²) in [6.07, 6.45) is 1.85. The van der Waals surface area contributed by atoms with E-state index in [1.54, 1.807) is 55.7 Å². The van der Waals surface area contributed by atoms with Crippen molar-refractivity contribution in [2.75, 3.05) is 19.5 Å². The van der Waals surface area contributed by atoms with Gasteiger partial charge in [-0.1, -0.05) is 23.7 Å². The van der Waals surface area contributed by atoms with Crippen LogP contribution in [-0.2, 0) is 14.3 Å². The van der Waals surface area contributed by atoms with Crippen LogP contribution in [0.2, 0.25) is 5.02 Å². The normalized spacial score (nSPS) is 11.7. The van der Waals surface area contributed by atoms with E-state index in [1.807, 2.05) is 0 Å². The summed E-state index contributed by atoms with van der Waals surface area (Å²) >= 11 is 5.93. The highest BCUT2D eigenvalue weighted by molar-refractivity contribution is 6.31. The van der Waals surface area contributed by atoms with Crippen LogP contribution in [0.1, 0.15) is 12.5 Å². The van der Waals surface area contributed by atoms with E-state index in [-0.39, 0.29) is 0 Å². The molecule has 0 aliphatic rings. The molecule has 6 nitrogen and oxygen atoms in total. The number of hydrogen-bond acceptors (Lipinski definition) is 5. The molecule has 1 N–H and O–H groups in total. The van der Waals surface area contributed by atoms with E-state index in [4.69, 9.17) is 25.8 Å². The van der Waals surface area contributed by atoms with E-state index in [0.717, 1.165) is 11.3 Å². The summed E-state index contributed by atoms with van der Waals surface area (Å²) in [6, 6.07) is 12.0. The number of amides is 1. The van der Waals surface area contributed by atoms with Crippen molar-refractivity contribution < 1.29 is 23.8 Å². The summed E-state index contributed by atoms with van der Waals surface area (Å²) in [6.45, 7) is 1.48. The molecule has 27 heavy (non-hydrogen) atoms. The Balaban J connectivity index is 1.94. The number of rotatable bonds is 7. The molecule has 0 radical (unpaired) electrons. The summed E-state index contributed by atoms with van der Waals surface area (Å²) in [5, 5.41) is 3.07. The largest absolute Gasteiger partial charge is 0.497 e. The number of ether oxygens (including phenoxy) is 3. The van der Waals surface area contributed by atoms with Crippen molar-refractivity contribution in [2.24, 2.45) is 0 Å². The Hall–Kier alpha value is -2.99. The molecule has 2 rings (SSSR count). The van der Waals surface area contributed by atoms with Crippen molar-refractivity contribution in [1.29, 1.82) is 0 Å². The molecule has 0 aliphatic heterocycles. The summed E-state index contributed by atoms with van der Waals surface area (Å²) in [5.41, 5.74) is 1.19. The van der Waals surface area contributed by atoms with Crippen LogP contribution in [0.15, 0.2) is 48.5 Å². The number of anilines is 1. The molecule has 0 unspecified atom stereocenters. The van der Waals surface area contributed by atoms with Crippen LogP contribution in [0.3, 0.4) is 0 Å². The maximum Gasteiger partial charge on any atom is 0.331 e. The highest BCUT2D eigenvalue weighted by atomic mass is 35.5. The molecule has 1 amide bonds. The summed E-state index contributed by atoms with van der Waals surface area (Å²) in [5.74, 6) is 0.0374. The molecule has 0 aromatic heterocycles. The smallest absolute Gasteiger partial charge is 0.331 e. The van der Waals surface area contributed by atoms with Crippen molar-refractivity contribution in [3.63, 3.8) is 0 Å². The second-order valence-electron chi connectivity index (χ2n) is 5.52. The second-order valence-corrected chi connectivity index (χ2v) is 5.96. The fourth-order valence-electron chi connectivity index (χ4n) is 2.16. The van der Waals surface area contributed by atoms with Gasteiger partial charge < -0.3 is 19.5 Å². The third-order valence-corrected chi connectivity index (χ3v) is 3.84. The molecule has 0 fully saturated rings. The molecule has 0 saturated heterocycles. The topological polar surface area (TPSA) is 73.9 Å². The van der Waals surface area contributed by atoms with E-state index in [9.17, 15) is 9.59 Å². The lowest BCUT2D eigenvalue weighted by atomic mass is 10.2. The molecule has 7 heteroatoms. The van der Waals surface area contributed by atoms with Crippen LogP contribution in [0.5, 0.6) is 11.5 Å². The fourth-order valence-corrected chi connectivity index (χ4v) is 2.33. The molecule has 2 aromatic rings. The number of carbonyl (C=O) groups excluding carboxylic acids is 2. The number of halogens is 1. The van der Waals surface area contributed by atoms with Crippen molar-refractivity contribution in [3.05, 3.63) is 59.1 Å². The second kappa shape index (κ2) is 9.64. The maximum atomic E-state index is 12.2. The number of esters is 1. The predicted molar refractivity (Wildman–Crippen MR) is 104 cm³/mol. The molecule has 0 bridgehead atoms. The Morgan fingerprint density at radius 1 is 1.07 bits per heavy atom. The van der Waals surface area contributed by atoms with Gasteiger partial charge in [-0.15, -0.1) is 0 Å². The third kappa shape index (κ3) is 6.04. The summed E-state index contributed by atoms with van der Waals surface area (Å²) < 4.78 is 15.4. The minimum Gasteiger partial charge on any atom is -0.497 e. The highest BCUT2D eigenvalue weighted by Crippen LogP contribution is 2.27. The van der Waals surface area contributed by atoms with Gasteiger partial charge in [0, 0.05) is 11.1 Å². The lowest BCUT2D eigenvalue weighted by Crippen LogP contribution is -2.29. The van der Waals surface area contributed by atoms with Gasteiger partial charge in [0.2, 0.25) is 0 Å². The quantitative estimate of drug-likeness (QED) is 0.573. The van der Waals surface area contributed by atoms with E-state index in [2.05, 4.69) is 5.32 Å². The SMILES string of the molecule is COc1ccc(/C=C/C(=O)O[C@H](C)C(=O)Nc2cc(Cl)ccc2OC)cc1. The number of nitrogens with one attached hydrogen (secondary N) is 1. The van der Waals surface area contributed by atoms with Crippen molar-refractivity contribution in [1.82, 2.24) is 0 Å². The summed E-state index contributed by atoms with van der Waals surface area (Å²) in [7, 11) is 3.06. The minimum absolute atomic E-state index is 0.395. The Kier molecular flexibility index (Phi) is 7.25. The van der Waals surface area contributed by atoms with E-state index >= 15 is 0 Å². The zero-order valence-electron chi connectivity index (χ0n) is 15.2. The number of benzene rings is 2. The van der Waals surface area contributed by atoms with Crippen LogP contribution < -0.4 is 14.8 Å². The Morgan fingerprint density at radius 3 is 2.41 bits per heavy atom. The van der Waals surface area contributed by atoms with E-state index < -0.39 is 18.0 Å². The van der Waals surface area contributed by atoms with Gasteiger partial charge in [-0.05, 0) is 48.9 Å². The molecule has 0 spiro atoms. The van der Waals surface area contributed by atoms with Gasteiger partial charge in [0.05, 0.1) is 19.9 Å². The van der Waals surface area contributed by atoms with Crippen LogP contribution in [-0.4, -0.2) is 32.2 Å². The first-order valence-corrected chi connectivity index (χ1v) is 8.48. The first kappa shape index (κ1) is 20.3. The van der Waals surface area contributed by atoms with Gasteiger partial charge in [0.1, 0.15) is 11.5 Å². The van der Waals surface area contributed by atoms with Crippen LogP contribution in [0, 0.1) is 0 Å². The average molecular weight is 390 g/mol. The number of methoxy groups -OCH3 is 2. The summed E-state index contributed by atoms with van der Waals surface area (Å²) in [4.78, 5) is 24.2. The van der Waals surface area contributed by atoms with Gasteiger partial charge in [-0.3, -0.25) is 4.79 Å². The van der Waals surface area contributed by atoms with Crippen LogP contribution >= 0.6 is 11.6 Å². The molecular formula is C20H20ClNO5. The van der Waals surface area contributed by atoms with Gasteiger partial charge in [0.25, 0.3) is 5.91 Å². The Labute approximate surface area is 162 Å². The highest BCUT2D eigenvalue weighted by Gasteiger charge is 2.18. The zero-order valence-corrected chi connectivity index (χ0v) is 15.9. The van der Waals surface area contributed by atoms with Crippen molar-refractivity contribution in [2.45, 2.75) is 13.0 Å². The number of hydrogen-bond donors (Lipinski definition) is 1. The average Bonchev–Trinajstić information content (AvgIpc) is 2.67. The first-order valence-electron chi connectivity index (χ1n) is 8.10. The van der Waals surface area contributed by atoms with Gasteiger partial charge in [0.15, 0.2) is 6.10 Å². The standard InChI is InChI=1S/C20H20ClNO5/c1-13(20(24)22-17-12-15(21)7-10-18(17)26-3)27-19(23)11-6-14-4-8-16(25-2)9-5-14/h4-13H,1-3H3,(H,22,24)/b11-6+/t13-/m1/s1. The van der Waals surface area contributed by atoms with Gasteiger partial charge in [-0.2, -0.15) is 0 Å². The Morgan fingerprint density at radius 2 is 1.78 bits per heavy atom. The first-order chi connectivity index (χ1) is 12.9. The molecule has 0 saturated carbocycles. The molecule has 2 aromatic carbocycles. The van der Waals surface area contributed by atoms with Crippen molar-refractivity contribution in [3.8, 4) is 11.5 Å². The molecule has 0 aliphatic carbocycles. The third-order valence-electron chi connectivity index (χ3n) is 3.61. The van der Waals surface area contributed by atoms with E-state index in [1.165, 1.54) is 20.1 Å². The predicted octanol–water partition coefficient (Wildman–Crippen LogP) is 3.94. The Bertz CT molecular complexity index is 833. The molecule has 1 atom stereocenters. The number of carbonyl (C=O) groups is 2. The van der Waals surface area contributed by atoms with Crippen LogP contribution in [0.4, 0.5) is 5.69 Å². The van der Waals surface area contributed by atoms with Gasteiger partial charge in [-0.25, -0.2) is 4.79 Å². The maximum absolute atomic E-state index is 12.2. The van der Waals surface area contributed by atoms with E-state index in [0.29, 0.717) is 16.5 Å². The van der Waals surface area contributed by atoms with Gasteiger partial charge >= 0.3 is 5.97 Å². The fraction of sp³-hybridized carbons (Fsp3) is 0.200. The van der Waals surface area contributed by atoms with Crippen molar-refractivity contribution >= 4 is 35.2 Å². The molecule has 0 heterocycles. The molecular weight excluding hydrogens is 370 g/mol. The lowest BCUT2D eigenvalue weighted by molar-refractivity contribution is -0.148. The monoisotopic (exact) mass is 389 g/mol. The minimum atomic E-state index is -0.998. The lowest BCUT2D eigenvalue weighted by Gasteiger charge is -2.14. The zero-order chi connectivity index (χ0) is 19.8. The van der Waals surface area contributed by atoms with Crippen LogP contribution in [0.25, 0.3) is 6.08 Å².